The molecule has 2 N–H and O–H groups in total. The highest BCUT2D eigenvalue weighted by atomic mass is 19.1. The van der Waals surface area contributed by atoms with E-state index in [0.717, 1.165) is 23.7 Å². The van der Waals surface area contributed by atoms with Crippen molar-refractivity contribution in [2.24, 2.45) is 0 Å². The highest BCUT2D eigenvalue weighted by molar-refractivity contribution is 5.98. The number of halogens is 1. The van der Waals surface area contributed by atoms with Crippen LogP contribution < -0.4 is 15.5 Å². The van der Waals surface area contributed by atoms with Gasteiger partial charge in [-0.2, -0.15) is 0 Å². The fourth-order valence-electron chi connectivity index (χ4n) is 4.20. The third-order valence-electron chi connectivity index (χ3n) is 5.80. The number of hydrogen-bond donors (Lipinski definition) is 2. The summed E-state index contributed by atoms with van der Waals surface area (Å²) < 4.78 is 27.9. The smallest absolute Gasteiger partial charge is 0.341 e. The average molecular weight is 410 g/mol. The van der Waals surface area contributed by atoms with Crippen LogP contribution >= 0.6 is 0 Å². The van der Waals surface area contributed by atoms with Crippen LogP contribution in [-0.4, -0.2) is 36.0 Å². The van der Waals surface area contributed by atoms with Crippen LogP contribution in [0.3, 0.4) is 0 Å². The predicted octanol–water partition coefficient (Wildman–Crippen LogP) is 2.69. The Kier molecular flexibility index (Phi) is 4.34. The summed E-state index contributed by atoms with van der Waals surface area (Å²) in [5.74, 6) is -1.79. The number of nitrogens with one attached hydrogen (secondary N) is 1. The molecule has 5 rings (SSSR count). The summed E-state index contributed by atoms with van der Waals surface area (Å²) in [6.07, 6.45) is 1.30. The predicted molar refractivity (Wildman–Crippen MR) is 108 cm³/mol. The SMILES string of the molecule is COc1c(-c2ccc3c(c2)CNC3)c(F)cc2c(=O)c(C(=O)O)cn(C3COC3)c12. The standard InChI is InChI=1S/C22H19FN2O5/c1-29-21-18(11-2-3-12-6-24-7-13(12)4-11)17(23)5-15-19(21)25(14-9-30-10-14)8-16(20(15)26)22(27)28/h2-5,8,14,24H,6-7,9-10H2,1H3,(H,27,28). The van der Waals surface area contributed by atoms with Crippen LogP contribution in [0.5, 0.6) is 5.75 Å². The molecule has 0 saturated carbocycles. The van der Waals surface area contributed by atoms with Crippen molar-refractivity contribution < 1.29 is 23.8 Å². The third kappa shape index (κ3) is 2.72. The van der Waals surface area contributed by atoms with Gasteiger partial charge in [0, 0.05) is 19.3 Å². The maximum absolute atomic E-state index is 15.3. The van der Waals surface area contributed by atoms with E-state index >= 15 is 4.39 Å². The lowest BCUT2D eigenvalue weighted by Gasteiger charge is -2.31. The van der Waals surface area contributed by atoms with Gasteiger partial charge in [-0.25, -0.2) is 9.18 Å². The van der Waals surface area contributed by atoms with E-state index in [1.807, 2.05) is 18.2 Å². The van der Waals surface area contributed by atoms with Gasteiger partial charge in [-0.1, -0.05) is 12.1 Å². The second-order valence-corrected chi connectivity index (χ2v) is 7.53. The number of benzene rings is 2. The fourth-order valence-corrected chi connectivity index (χ4v) is 4.20. The molecule has 7 nitrogen and oxygen atoms in total. The van der Waals surface area contributed by atoms with Gasteiger partial charge in [0.1, 0.15) is 11.4 Å². The molecule has 0 amide bonds. The fraction of sp³-hybridized carbons (Fsp3) is 0.273. The molecule has 8 heteroatoms. The maximum atomic E-state index is 15.3. The Balaban J connectivity index is 1.85. The molecule has 3 heterocycles. The van der Waals surface area contributed by atoms with E-state index in [1.54, 1.807) is 4.57 Å². The van der Waals surface area contributed by atoms with E-state index in [9.17, 15) is 14.7 Å². The largest absolute Gasteiger partial charge is 0.494 e. The van der Waals surface area contributed by atoms with E-state index < -0.39 is 22.8 Å². The Morgan fingerprint density at radius 2 is 2.03 bits per heavy atom. The summed E-state index contributed by atoms with van der Waals surface area (Å²) in [5, 5.41) is 12.7. The molecule has 2 aliphatic heterocycles. The molecule has 0 bridgehead atoms. The van der Waals surface area contributed by atoms with Crippen molar-refractivity contribution in [2.75, 3.05) is 20.3 Å². The van der Waals surface area contributed by atoms with Crippen molar-refractivity contribution in [3.63, 3.8) is 0 Å². The lowest BCUT2D eigenvalue weighted by Crippen LogP contribution is -2.33. The van der Waals surface area contributed by atoms with Crippen molar-refractivity contribution >= 4 is 16.9 Å². The number of rotatable bonds is 4. The van der Waals surface area contributed by atoms with Crippen LogP contribution in [0.2, 0.25) is 0 Å². The zero-order valence-corrected chi connectivity index (χ0v) is 16.2. The minimum Gasteiger partial charge on any atom is -0.494 e. The van der Waals surface area contributed by atoms with Crippen LogP contribution in [0.25, 0.3) is 22.0 Å². The lowest BCUT2D eigenvalue weighted by molar-refractivity contribution is -0.0218. The van der Waals surface area contributed by atoms with Crippen LogP contribution in [0, 0.1) is 5.82 Å². The molecule has 3 aromatic rings. The number of nitrogens with zero attached hydrogens (tertiary/aromatic N) is 1. The Morgan fingerprint density at radius 1 is 1.27 bits per heavy atom. The normalized spacial score (nSPS) is 15.8. The van der Waals surface area contributed by atoms with Gasteiger partial charge in [-0.05, 0) is 28.8 Å². The molecule has 1 saturated heterocycles. The van der Waals surface area contributed by atoms with E-state index in [0.29, 0.717) is 30.8 Å². The van der Waals surface area contributed by atoms with Crippen LogP contribution in [0.1, 0.15) is 27.5 Å². The zero-order valence-electron chi connectivity index (χ0n) is 16.2. The summed E-state index contributed by atoms with van der Waals surface area (Å²) >= 11 is 0. The first-order chi connectivity index (χ1) is 14.5. The molecular formula is C22H19FN2O5. The number of carboxylic acids is 1. The molecule has 30 heavy (non-hydrogen) atoms. The number of methoxy groups -OCH3 is 1. The molecule has 0 aliphatic carbocycles. The molecule has 2 aliphatic rings. The maximum Gasteiger partial charge on any atom is 0.341 e. The van der Waals surface area contributed by atoms with E-state index in [4.69, 9.17) is 9.47 Å². The van der Waals surface area contributed by atoms with Crippen LogP contribution in [0.4, 0.5) is 4.39 Å². The number of aromatic nitrogens is 1. The van der Waals surface area contributed by atoms with Crippen molar-refractivity contribution in [2.45, 2.75) is 19.1 Å². The summed E-state index contributed by atoms with van der Waals surface area (Å²) in [7, 11) is 1.42. The van der Waals surface area contributed by atoms with Crippen molar-refractivity contribution in [1.82, 2.24) is 9.88 Å². The Bertz CT molecular complexity index is 1260. The first-order valence-corrected chi connectivity index (χ1v) is 9.59. The van der Waals surface area contributed by atoms with Crippen molar-refractivity contribution in [3.8, 4) is 16.9 Å². The average Bonchev–Trinajstić information content (AvgIpc) is 3.15. The monoisotopic (exact) mass is 410 g/mol. The topological polar surface area (TPSA) is 89.8 Å². The number of fused-ring (bicyclic) bond motifs is 2. The number of pyridine rings is 1. The Morgan fingerprint density at radius 3 is 2.70 bits per heavy atom. The molecule has 0 atom stereocenters. The van der Waals surface area contributed by atoms with Gasteiger partial charge in [0.2, 0.25) is 5.43 Å². The second-order valence-electron chi connectivity index (χ2n) is 7.53. The lowest BCUT2D eigenvalue weighted by atomic mass is 9.96. The summed E-state index contributed by atoms with van der Waals surface area (Å²) in [6, 6.07) is 6.65. The molecule has 0 spiro atoms. The van der Waals surface area contributed by atoms with E-state index in [-0.39, 0.29) is 22.7 Å². The van der Waals surface area contributed by atoms with E-state index in [1.165, 1.54) is 13.3 Å². The van der Waals surface area contributed by atoms with E-state index in [2.05, 4.69) is 5.32 Å². The third-order valence-corrected chi connectivity index (χ3v) is 5.80. The van der Waals surface area contributed by atoms with Crippen molar-refractivity contribution in [3.05, 3.63) is 63.2 Å². The van der Waals surface area contributed by atoms with Gasteiger partial charge in [-0.15, -0.1) is 0 Å². The minimum atomic E-state index is -1.36. The molecule has 154 valence electrons. The van der Waals surface area contributed by atoms with Gasteiger partial charge >= 0.3 is 5.97 Å². The number of carboxylic acid groups (broad SMARTS) is 1. The first kappa shape index (κ1) is 18.8. The highest BCUT2D eigenvalue weighted by Gasteiger charge is 2.29. The Hall–Kier alpha value is -3.23. The van der Waals surface area contributed by atoms with Gasteiger partial charge in [-0.3, -0.25) is 4.79 Å². The highest BCUT2D eigenvalue weighted by Crippen LogP contribution is 2.40. The van der Waals surface area contributed by atoms with Crippen molar-refractivity contribution in [1.29, 1.82) is 0 Å². The number of carbonyl (C=O) groups is 1. The first-order valence-electron chi connectivity index (χ1n) is 9.59. The summed E-state index contributed by atoms with van der Waals surface area (Å²) in [6.45, 7) is 2.22. The van der Waals surface area contributed by atoms with Gasteiger partial charge in [0.05, 0.1) is 42.8 Å². The van der Waals surface area contributed by atoms with Gasteiger partial charge < -0.3 is 24.5 Å². The van der Waals surface area contributed by atoms with Gasteiger partial charge in [0.25, 0.3) is 0 Å². The quantitative estimate of drug-likeness (QED) is 0.688. The minimum absolute atomic E-state index is 0.0253. The second kappa shape index (κ2) is 6.93. The van der Waals surface area contributed by atoms with Gasteiger partial charge in [0.15, 0.2) is 5.75 Å². The molecule has 0 unspecified atom stereocenters. The molecular weight excluding hydrogens is 391 g/mol. The van der Waals surface area contributed by atoms with Crippen LogP contribution in [-0.2, 0) is 17.8 Å². The molecule has 2 aromatic carbocycles. The zero-order chi connectivity index (χ0) is 21.0. The number of hydrogen-bond acceptors (Lipinski definition) is 5. The molecule has 1 aromatic heterocycles. The summed E-state index contributed by atoms with van der Waals surface area (Å²) in [5.41, 5.74) is 2.35. The summed E-state index contributed by atoms with van der Waals surface area (Å²) in [4.78, 5) is 24.4. The molecule has 1 fully saturated rings. The number of ether oxygens (including phenoxy) is 2. The van der Waals surface area contributed by atoms with Crippen LogP contribution in [0.15, 0.2) is 35.3 Å². The number of aromatic carboxylic acids is 1. The Labute approximate surface area is 170 Å². The molecule has 0 radical (unpaired) electrons.